The van der Waals surface area contributed by atoms with Crippen LogP contribution >= 0.6 is 24.0 Å². The fourth-order valence-electron chi connectivity index (χ4n) is 4.35. The molecule has 0 aliphatic carbocycles. The average molecular weight is 423 g/mol. The zero-order valence-electron chi connectivity index (χ0n) is 15.9. The van der Waals surface area contributed by atoms with E-state index in [1.165, 1.54) is 0 Å². The third-order valence-corrected chi connectivity index (χ3v) is 5.91. The molecule has 4 rings (SSSR count). The molecule has 150 valence electrons. The number of halogens is 2. The van der Waals surface area contributed by atoms with Crippen LogP contribution in [0.3, 0.4) is 0 Å². The van der Waals surface area contributed by atoms with Crippen LogP contribution in [0.4, 0.5) is 0 Å². The van der Waals surface area contributed by atoms with Crippen molar-refractivity contribution in [1.29, 1.82) is 0 Å². The summed E-state index contributed by atoms with van der Waals surface area (Å²) >= 11 is 6.07. The highest BCUT2D eigenvalue weighted by molar-refractivity contribution is 6.30. The first-order valence-corrected chi connectivity index (χ1v) is 9.49. The Morgan fingerprint density at radius 3 is 2.54 bits per heavy atom. The molecule has 2 fully saturated rings. The first-order chi connectivity index (χ1) is 13.1. The van der Waals surface area contributed by atoms with Crippen LogP contribution in [0.15, 0.2) is 42.5 Å². The Morgan fingerprint density at radius 1 is 1.11 bits per heavy atom. The number of methoxy groups -OCH3 is 2. The van der Waals surface area contributed by atoms with Crippen LogP contribution in [-0.2, 0) is 0 Å². The van der Waals surface area contributed by atoms with Crippen LogP contribution in [0.2, 0.25) is 5.02 Å². The number of ether oxygens (including phenoxy) is 2. The van der Waals surface area contributed by atoms with E-state index in [1.54, 1.807) is 32.4 Å². The molecular formula is C21H24Cl2N2O3. The molecule has 1 N–H and O–H groups in total. The molecule has 3 atom stereocenters. The quantitative estimate of drug-likeness (QED) is 0.813. The number of nitrogens with one attached hydrogen (secondary N) is 1. The van der Waals surface area contributed by atoms with E-state index in [0.717, 1.165) is 30.9 Å². The van der Waals surface area contributed by atoms with Crippen LogP contribution < -0.4 is 14.8 Å². The normalized spacial score (nSPS) is 23.1. The van der Waals surface area contributed by atoms with Gasteiger partial charge in [0.05, 0.1) is 25.8 Å². The van der Waals surface area contributed by atoms with Crippen LogP contribution in [0, 0.1) is 11.8 Å². The van der Waals surface area contributed by atoms with Gasteiger partial charge in [0.15, 0.2) is 0 Å². The highest BCUT2D eigenvalue weighted by Gasteiger charge is 2.47. The lowest BCUT2D eigenvalue weighted by Crippen LogP contribution is -2.34. The minimum Gasteiger partial charge on any atom is -0.497 e. The number of amides is 1. The fraction of sp³-hybridized carbons (Fsp3) is 0.381. The number of likely N-dealkylation sites (tertiary alicyclic amines) is 1. The summed E-state index contributed by atoms with van der Waals surface area (Å²) in [6.07, 6.45) is 0. The minimum atomic E-state index is -0.0151. The van der Waals surface area contributed by atoms with Crippen molar-refractivity contribution in [2.45, 2.75) is 6.04 Å². The van der Waals surface area contributed by atoms with Crippen LogP contribution in [0.25, 0.3) is 0 Å². The predicted octanol–water partition coefficient (Wildman–Crippen LogP) is 3.81. The van der Waals surface area contributed by atoms with Gasteiger partial charge in [-0.15, -0.1) is 12.4 Å². The number of carbonyl (C=O) groups excluding carboxylic acids is 1. The Bertz CT molecular complexity index is 844. The molecule has 28 heavy (non-hydrogen) atoms. The van der Waals surface area contributed by atoms with Gasteiger partial charge in [0.1, 0.15) is 11.5 Å². The molecule has 0 bridgehead atoms. The number of fused-ring (bicyclic) bond motifs is 1. The van der Waals surface area contributed by atoms with Crippen molar-refractivity contribution in [1.82, 2.24) is 10.2 Å². The number of nitrogens with zero attached hydrogens (tertiary/aromatic N) is 1. The summed E-state index contributed by atoms with van der Waals surface area (Å²) in [7, 11) is 3.22. The van der Waals surface area contributed by atoms with E-state index in [-0.39, 0.29) is 24.4 Å². The summed E-state index contributed by atoms with van der Waals surface area (Å²) in [6.45, 7) is 2.60. The van der Waals surface area contributed by atoms with Gasteiger partial charge in [-0.3, -0.25) is 4.79 Å². The molecule has 2 aliphatic heterocycles. The molecule has 0 spiro atoms. The molecule has 2 aliphatic rings. The van der Waals surface area contributed by atoms with Gasteiger partial charge in [0.2, 0.25) is 0 Å². The standard InChI is InChI=1S/C21H23ClN2O3.ClH/c1-26-16-6-3-13(4-7-16)20-18-11-23-10-14(18)12-24(20)21(25)17-8-5-15(22)9-19(17)27-2;/h3-9,14,18,20,23H,10-12H2,1-2H3;1H/t14-,18-,20-;/m0./s1. The first kappa shape index (κ1) is 20.8. The molecular weight excluding hydrogens is 399 g/mol. The van der Waals surface area contributed by atoms with E-state index in [2.05, 4.69) is 17.4 Å². The summed E-state index contributed by atoms with van der Waals surface area (Å²) in [6, 6.07) is 13.2. The van der Waals surface area contributed by atoms with Gasteiger partial charge in [0.25, 0.3) is 5.91 Å². The van der Waals surface area contributed by atoms with Crippen molar-refractivity contribution in [3.8, 4) is 11.5 Å². The van der Waals surface area contributed by atoms with Gasteiger partial charge in [-0.05, 0) is 41.8 Å². The molecule has 0 aromatic heterocycles. The minimum absolute atomic E-state index is 0. The predicted molar refractivity (Wildman–Crippen MR) is 112 cm³/mol. The highest BCUT2D eigenvalue weighted by Crippen LogP contribution is 2.44. The van der Waals surface area contributed by atoms with Crippen molar-refractivity contribution in [2.75, 3.05) is 33.9 Å². The molecule has 2 saturated heterocycles. The third-order valence-electron chi connectivity index (χ3n) is 5.68. The summed E-state index contributed by atoms with van der Waals surface area (Å²) in [4.78, 5) is 15.4. The van der Waals surface area contributed by atoms with Crippen molar-refractivity contribution in [2.24, 2.45) is 11.8 Å². The van der Waals surface area contributed by atoms with Gasteiger partial charge in [0, 0.05) is 30.6 Å². The second-order valence-corrected chi connectivity index (χ2v) is 7.54. The van der Waals surface area contributed by atoms with Gasteiger partial charge in [-0.1, -0.05) is 23.7 Å². The maximum absolute atomic E-state index is 13.4. The van der Waals surface area contributed by atoms with Crippen LogP contribution in [0.5, 0.6) is 11.5 Å². The van der Waals surface area contributed by atoms with Crippen molar-refractivity contribution in [3.05, 3.63) is 58.6 Å². The van der Waals surface area contributed by atoms with E-state index >= 15 is 0 Å². The number of carbonyl (C=O) groups is 1. The Morgan fingerprint density at radius 2 is 1.86 bits per heavy atom. The third kappa shape index (κ3) is 3.66. The van der Waals surface area contributed by atoms with E-state index in [4.69, 9.17) is 21.1 Å². The van der Waals surface area contributed by atoms with Crippen LogP contribution in [-0.4, -0.2) is 44.7 Å². The SMILES string of the molecule is COc1ccc([C@H]2[C@H]3CNC[C@H]3CN2C(=O)c2ccc(Cl)cc2OC)cc1.Cl. The van der Waals surface area contributed by atoms with Crippen molar-refractivity contribution in [3.63, 3.8) is 0 Å². The summed E-state index contributed by atoms with van der Waals surface area (Å²) < 4.78 is 10.7. The Kier molecular flexibility index (Phi) is 6.38. The smallest absolute Gasteiger partial charge is 0.258 e. The second kappa shape index (κ2) is 8.60. The summed E-state index contributed by atoms with van der Waals surface area (Å²) in [5, 5.41) is 4.02. The zero-order chi connectivity index (χ0) is 19.0. The monoisotopic (exact) mass is 422 g/mol. The number of hydrogen-bond donors (Lipinski definition) is 1. The molecule has 0 radical (unpaired) electrons. The van der Waals surface area contributed by atoms with Gasteiger partial charge in [-0.2, -0.15) is 0 Å². The maximum Gasteiger partial charge on any atom is 0.258 e. The lowest BCUT2D eigenvalue weighted by Gasteiger charge is -2.29. The zero-order valence-corrected chi connectivity index (χ0v) is 17.4. The Balaban J connectivity index is 0.00000225. The maximum atomic E-state index is 13.4. The van der Waals surface area contributed by atoms with E-state index in [1.807, 2.05) is 17.0 Å². The summed E-state index contributed by atoms with van der Waals surface area (Å²) in [5.74, 6) is 2.17. The molecule has 5 nitrogen and oxygen atoms in total. The van der Waals surface area contributed by atoms with Crippen molar-refractivity contribution >= 4 is 29.9 Å². The molecule has 0 unspecified atom stereocenters. The highest BCUT2D eigenvalue weighted by atomic mass is 35.5. The van der Waals surface area contributed by atoms with Gasteiger partial charge >= 0.3 is 0 Å². The number of benzene rings is 2. The lowest BCUT2D eigenvalue weighted by atomic mass is 9.89. The topological polar surface area (TPSA) is 50.8 Å². The second-order valence-electron chi connectivity index (χ2n) is 7.10. The number of rotatable bonds is 4. The average Bonchev–Trinajstić information content (AvgIpc) is 3.28. The van der Waals surface area contributed by atoms with Gasteiger partial charge < -0.3 is 19.7 Å². The molecule has 2 aromatic carbocycles. The molecule has 2 aromatic rings. The number of hydrogen-bond acceptors (Lipinski definition) is 4. The first-order valence-electron chi connectivity index (χ1n) is 9.11. The lowest BCUT2D eigenvalue weighted by molar-refractivity contribution is 0.0710. The summed E-state index contributed by atoms with van der Waals surface area (Å²) in [5.41, 5.74) is 1.68. The van der Waals surface area contributed by atoms with E-state index < -0.39 is 0 Å². The Labute approximate surface area is 176 Å². The molecule has 0 saturated carbocycles. The fourth-order valence-corrected chi connectivity index (χ4v) is 4.52. The van der Waals surface area contributed by atoms with E-state index in [0.29, 0.717) is 28.2 Å². The largest absolute Gasteiger partial charge is 0.497 e. The van der Waals surface area contributed by atoms with Gasteiger partial charge in [-0.25, -0.2) is 0 Å². The molecule has 7 heteroatoms. The molecule has 1 amide bonds. The molecule has 2 heterocycles. The van der Waals surface area contributed by atoms with E-state index in [9.17, 15) is 4.79 Å². The van der Waals surface area contributed by atoms with Crippen LogP contribution in [0.1, 0.15) is 22.0 Å². The Hall–Kier alpha value is -1.95. The van der Waals surface area contributed by atoms with Crippen molar-refractivity contribution < 1.29 is 14.3 Å².